The molecule has 130 valence electrons. The van der Waals surface area contributed by atoms with Gasteiger partial charge in [0.2, 0.25) is 0 Å². The second kappa shape index (κ2) is 6.64. The molecule has 1 aliphatic heterocycles. The third-order valence-corrected chi connectivity index (χ3v) is 4.39. The van der Waals surface area contributed by atoms with Crippen LogP contribution in [-0.2, 0) is 6.67 Å². The number of likely N-dealkylation sites (N-methyl/N-ethyl adjacent to an activating group) is 1. The van der Waals surface area contributed by atoms with Crippen LogP contribution in [0.4, 0.5) is 0 Å². The van der Waals surface area contributed by atoms with E-state index in [0.717, 1.165) is 23.6 Å². The Hall–Kier alpha value is -2.73. The minimum absolute atomic E-state index is 0.0799. The second-order valence-corrected chi connectivity index (χ2v) is 6.07. The minimum atomic E-state index is -0.342. The van der Waals surface area contributed by atoms with E-state index in [4.69, 9.17) is 13.9 Å². The summed E-state index contributed by atoms with van der Waals surface area (Å²) in [6, 6.07) is 15.1. The molecule has 0 bridgehead atoms. The van der Waals surface area contributed by atoms with E-state index >= 15 is 0 Å². The number of aromatic nitrogens is 1. The van der Waals surface area contributed by atoms with Crippen LogP contribution in [0.3, 0.4) is 0 Å². The number of oxazole rings is 1. The molecule has 4 rings (SSSR count). The van der Waals surface area contributed by atoms with Gasteiger partial charge in [0.05, 0.1) is 12.2 Å². The van der Waals surface area contributed by atoms with Gasteiger partial charge in [-0.05, 0) is 30.8 Å². The molecular formula is C19H20N2O4. The predicted octanol–water partition coefficient (Wildman–Crippen LogP) is 2.71. The van der Waals surface area contributed by atoms with Crippen molar-refractivity contribution in [3.63, 3.8) is 0 Å². The monoisotopic (exact) mass is 340 g/mol. The third kappa shape index (κ3) is 3.13. The molecule has 1 aromatic heterocycles. The van der Waals surface area contributed by atoms with Crippen LogP contribution in [0.1, 0.15) is 6.92 Å². The van der Waals surface area contributed by atoms with Gasteiger partial charge < -0.3 is 13.9 Å². The summed E-state index contributed by atoms with van der Waals surface area (Å²) in [6.07, 6.45) is -0.0799. The van der Waals surface area contributed by atoms with Gasteiger partial charge in [-0.2, -0.15) is 0 Å². The van der Waals surface area contributed by atoms with Crippen molar-refractivity contribution >= 4 is 11.1 Å². The van der Waals surface area contributed by atoms with E-state index in [-0.39, 0.29) is 11.9 Å². The Morgan fingerprint density at radius 2 is 1.88 bits per heavy atom. The first-order valence-corrected chi connectivity index (χ1v) is 8.44. The number of rotatable bonds is 5. The number of hydrogen-bond acceptors (Lipinski definition) is 5. The fraction of sp³-hybridized carbons (Fsp3) is 0.316. The molecular weight excluding hydrogens is 320 g/mol. The Morgan fingerprint density at radius 1 is 1.12 bits per heavy atom. The maximum atomic E-state index is 12.2. The Labute approximate surface area is 145 Å². The predicted molar refractivity (Wildman–Crippen MR) is 94.1 cm³/mol. The highest BCUT2D eigenvalue weighted by atomic mass is 16.6. The minimum Gasteiger partial charge on any atom is -0.486 e. The number of para-hydroxylation sites is 4. The van der Waals surface area contributed by atoms with Crippen molar-refractivity contribution in [2.24, 2.45) is 0 Å². The van der Waals surface area contributed by atoms with Gasteiger partial charge in [0.25, 0.3) is 0 Å². The third-order valence-electron chi connectivity index (χ3n) is 4.39. The zero-order chi connectivity index (χ0) is 17.2. The highest BCUT2D eigenvalue weighted by molar-refractivity contribution is 5.72. The molecule has 2 aromatic carbocycles. The summed E-state index contributed by atoms with van der Waals surface area (Å²) < 4.78 is 18.8. The lowest BCUT2D eigenvalue weighted by atomic mass is 10.2. The van der Waals surface area contributed by atoms with E-state index in [1.54, 1.807) is 10.6 Å². The van der Waals surface area contributed by atoms with Gasteiger partial charge in [-0.3, -0.25) is 9.47 Å². The summed E-state index contributed by atoms with van der Waals surface area (Å²) in [5, 5.41) is 0. The molecule has 0 amide bonds. The van der Waals surface area contributed by atoms with Crippen molar-refractivity contribution < 1.29 is 13.9 Å². The largest absolute Gasteiger partial charge is 0.486 e. The van der Waals surface area contributed by atoms with Crippen LogP contribution in [0.15, 0.2) is 57.7 Å². The Kier molecular flexibility index (Phi) is 4.19. The van der Waals surface area contributed by atoms with E-state index in [9.17, 15) is 4.79 Å². The van der Waals surface area contributed by atoms with Gasteiger partial charge in [-0.25, -0.2) is 4.79 Å². The van der Waals surface area contributed by atoms with E-state index in [0.29, 0.717) is 25.4 Å². The first-order valence-electron chi connectivity index (χ1n) is 8.44. The number of benzene rings is 2. The van der Waals surface area contributed by atoms with Crippen LogP contribution in [0.2, 0.25) is 0 Å². The van der Waals surface area contributed by atoms with Crippen LogP contribution in [0.25, 0.3) is 11.1 Å². The SMILES string of the molecule is CCN(C[C@H]1COc2ccccc2O1)Cn1c(=O)oc2ccccc21. The van der Waals surface area contributed by atoms with Crippen molar-refractivity contribution in [3.05, 3.63) is 59.1 Å². The number of ether oxygens (including phenoxy) is 2. The molecule has 0 N–H and O–H groups in total. The summed E-state index contributed by atoms with van der Waals surface area (Å²) in [4.78, 5) is 14.3. The topological polar surface area (TPSA) is 56.8 Å². The molecule has 6 heteroatoms. The van der Waals surface area contributed by atoms with Gasteiger partial charge in [0, 0.05) is 6.54 Å². The molecule has 6 nitrogen and oxygen atoms in total. The summed E-state index contributed by atoms with van der Waals surface area (Å²) in [6.45, 7) is 4.46. The second-order valence-electron chi connectivity index (χ2n) is 6.07. The van der Waals surface area contributed by atoms with Gasteiger partial charge in [-0.1, -0.05) is 31.2 Å². The molecule has 0 saturated carbocycles. The summed E-state index contributed by atoms with van der Waals surface area (Å²) in [5.74, 6) is 1.20. The van der Waals surface area contributed by atoms with Crippen LogP contribution < -0.4 is 15.2 Å². The Bertz CT molecular complexity index is 930. The van der Waals surface area contributed by atoms with Crippen LogP contribution in [-0.4, -0.2) is 35.3 Å². The van der Waals surface area contributed by atoms with Crippen molar-refractivity contribution in [2.75, 3.05) is 19.7 Å². The van der Waals surface area contributed by atoms with Crippen molar-refractivity contribution in [1.82, 2.24) is 9.47 Å². The first kappa shape index (κ1) is 15.8. The number of nitrogens with zero attached hydrogens (tertiary/aromatic N) is 2. The van der Waals surface area contributed by atoms with Crippen LogP contribution in [0.5, 0.6) is 11.5 Å². The van der Waals surface area contributed by atoms with Gasteiger partial charge in [-0.15, -0.1) is 0 Å². The van der Waals surface area contributed by atoms with E-state index in [1.807, 2.05) is 42.5 Å². The molecule has 0 aliphatic carbocycles. The molecule has 25 heavy (non-hydrogen) atoms. The first-order chi connectivity index (χ1) is 12.2. The average molecular weight is 340 g/mol. The zero-order valence-corrected chi connectivity index (χ0v) is 14.1. The van der Waals surface area contributed by atoms with Gasteiger partial charge in [0.15, 0.2) is 17.1 Å². The smallest absolute Gasteiger partial charge is 0.421 e. The quantitative estimate of drug-likeness (QED) is 0.715. The van der Waals surface area contributed by atoms with Crippen molar-refractivity contribution in [3.8, 4) is 11.5 Å². The highest BCUT2D eigenvalue weighted by Gasteiger charge is 2.23. The maximum absolute atomic E-state index is 12.2. The zero-order valence-electron chi connectivity index (χ0n) is 14.1. The van der Waals surface area contributed by atoms with Gasteiger partial charge in [0.1, 0.15) is 12.7 Å². The Morgan fingerprint density at radius 3 is 2.72 bits per heavy atom. The molecule has 0 radical (unpaired) electrons. The van der Waals surface area contributed by atoms with Crippen molar-refractivity contribution in [1.29, 1.82) is 0 Å². The fourth-order valence-corrected chi connectivity index (χ4v) is 3.08. The Balaban J connectivity index is 1.50. The molecule has 0 spiro atoms. The van der Waals surface area contributed by atoms with E-state index < -0.39 is 0 Å². The van der Waals surface area contributed by atoms with E-state index in [1.165, 1.54) is 0 Å². The summed E-state index contributed by atoms with van der Waals surface area (Å²) in [5.41, 5.74) is 1.41. The number of fused-ring (bicyclic) bond motifs is 2. The molecule has 1 atom stereocenters. The normalized spacial score (nSPS) is 16.5. The average Bonchev–Trinajstić information content (AvgIpc) is 2.96. The number of hydrogen-bond donors (Lipinski definition) is 0. The summed E-state index contributed by atoms with van der Waals surface area (Å²) in [7, 11) is 0. The highest BCUT2D eigenvalue weighted by Crippen LogP contribution is 2.31. The maximum Gasteiger partial charge on any atom is 0.421 e. The van der Waals surface area contributed by atoms with E-state index in [2.05, 4.69) is 11.8 Å². The molecule has 1 aliphatic rings. The molecule has 3 aromatic rings. The standard InChI is InChI=1S/C19H20N2O4/c1-2-20(11-14-12-23-17-9-5-6-10-18(17)24-14)13-21-15-7-3-4-8-16(15)25-19(21)22/h3-10,14H,2,11-13H2,1H3/t14-/m0/s1. The fourth-order valence-electron chi connectivity index (χ4n) is 3.08. The van der Waals surface area contributed by atoms with Gasteiger partial charge >= 0.3 is 5.76 Å². The lowest BCUT2D eigenvalue weighted by Gasteiger charge is -2.30. The van der Waals surface area contributed by atoms with Crippen LogP contribution in [0, 0.1) is 0 Å². The molecule has 0 saturated heterocycles. The lowest BCUT2D eigenvalue weighted by Crippen LogP contribution is -2.42. The van der Waals surface area contributed by atoms with Crippen molar-refractivity contribution in [2.45, 2.75) is 19.7 Å². The van der Waals surface area contributed by atoms with Crippen LogP contribution >= 0.6 is 0 Å². The molecule has 2 heterocycles. The molecule has 0 fully saturated rings. The lowest BCUT2D eigenvalue weighted by molar-refractivity contribution is 0.0509. The summed E-state index contributed by atoms with van der Waals surface area (Å²) >= 11 is 0. The molecule has 0 unspecified atom stereocenters.